The molecule has 7 heteroatoms. The standard InChI is InChI=1S/C10H12BrF3N2O/c1-6(4-15-2)17-9-8(10(12,13)14)3-7(11)5-16-9/h3,5-6,15H,4H2,1-2H3. The summed E-state index contributed by atoms with van der Waals surface area (Å²) in [7, 11) is 1.69. The van der Waals surface area contributed by atoms with Gasteiger partial charge in [0, 0.05) is 17.2 Å². The Hall–Kier alpha value is -0.820. The fourth-order valence-corrected chi connectivity index (χ4v) is 1.57. The van der Waals surface area contributed by atoms with Crippen molar-refractivity contribution in [2.45, 2.75) is 19.2 Å². The molecule has 1 aromatic rings. The van der Waals surface area contributed by atoms with Crippen LogP contribution in [0.1, 0.15) is 12.5 Å². The Labute approximate surface area is 106 Å². The summed E-state index contributed by atoms with van der Waals surface area (Å²) < 4.78 is 43.5. The van der Waals surface area contributed by atoms with Crippen LogP contribution in [0.25, 0.3) is 0 Å². The molecule has 0 saturated carbocycles. The molecule has 0 aromatic carbocycles. The number of alkyl halides is 3. The number of nitrogens with one attached hydrogen (secondary N) is 1. The van der Waals surface area contributed by atoms with Gasteiger partial charge in [-0.05, 0) is 36.0 Å². The first kappa shape index (κ1) is 14.2. The smallest absolute Gasteiger partial charge is 0.421 e. The highest BCUT2D eigenvalue weighted by atomic mass is 79.9. The van der Waals surface area contributed by atoms with Gasteiger partial charge < -0.3 is 10.1 Å². The number of hydrogen-bond acceptors (Lipinski definition) is 3. The van der Waals surface area contributed by atoms with E-state index in [0.29, 0.717) is 6.54 Å². The second-order valence-electron chi connectivity index (χ2n) is 3.49. The molecule has 0 aliphatic carbocycles. The molecule has 3 nitrogen and oxygen atoms in total. The fourth-order valence-electron chi connectivity index (χ4n) is 1.24. The molecule has 1 heterocycles. The van der Waals surface area contributed by atoms with E-state index in [-0.39, 0.29) is 4.47 Å². The Bertz CT molecular complexity index is 384. The van der Waals surface area contributed by atoms with Crippen LogP contribution in [0.15, 0.2) is 16.7 Å². The minimum absolute atomic E-state index is 0.262. The number of pyridine rings is 1. The van der Waals surface area contributed by atoms with Crippen LogP contribution in [-0.2, 0) is 6.18 Å². The first-order chi connectivity index (χ1) is 7.84. The van der Waals surface area contributed by atoms with Gasteiger partial charge in [-0.15, -0.1) is 0 Å². The average molecular weight is 313 g/mol. The molecule has 0 radical (unpaired) electrons. The monoisotopic (exact) mass is 312 g/mol. The Morgan fingerprint density at radius 3 is 2.71 bits per heavy atom. The Balaban J connectivity index is 2.99. The van der Waals surface area contributed by atoms with Gasteiger partial charge in [-0.25, -0.2) is 4.98 Å². The SMILES string of the molecule is CNCC(C)Oc1ncc(Br)cc1C(F)(F)F. The van der Waals surface area contributed by atoms with Crippen molar-refractivity contribution in [3.63, 3.8) is 0 Å². The molecule has 0 aliphatic heterocycles. The summed E-state index contributed by atoms with van der Waals surface area (Å²) in [5, 5.41) is 2.81. The van der Waals surface area contributed by atoms with E-state index in [0.717, 1.165) is 6.07 Å². The lowest BCUT2D eigenvalue weighted by atomic mass is 10.2. The molecular weight excluding hydrogens is 301 g/mol. The van der Waals surface area contributed by atoms with Crippen LogP contribution >= 0.6 is 15.9 Å². The molecule has 1 N–H and O–H groups in total. The third-order valence-electron chi connectivity index (χ3n) is 1.93. The van der Waals surface area contributed by atoms with Gasteiger partial charge in [0.15, 0.2) is 0 Å². The molecule has 1 atom stereocenters. The predicted octanol–water partition coefficient (Wildman–Crippen LogP) is 2.85. The van der Waals surface area contributed by atoms with E-state index in [2.05, 4.69) is 26.2 Å². The summed E-state index contributed by atoms with van der Waals surface area (Å²) in [5.74, 6) is -0.400. The van der Waals surface area contributed by atoms with Crippen LogP contribution in [0.5, 0.6) is 5.88 Å². The maximum absolute atomic E-state index is 12.7. The first-order valence-corrected chi connectivity index (χ1v) is 5.68. The predicted molar refractivity (Wildman–Crippen MR) is 61.0 cm³/mol. The highest BCUT2D eigenvalue weighted by molar-refractivity contribution is 9.10. The van der Waals surface area contributed by atoms with E-state index in [4.69, 9.17) is 4.74 Å². The van der Waals surface area contributed by atoms with Gasteiger partial charge in [0.2, 0.25) is 5.88 Å². The van der Waals surface area contributed by atoms with Gasteiger partial charge >= 0.3 is 6.18 Å². The van der Waals surface area contributed by atoms with Crippen molar-refractivity contribution in [3.05, 3.63) is 22.3 Å². The topological polar surface area (TPSA) is 34.1 Å². The lowest BCUT2D eigenvalue weighted by Crippen LogP contribution is -2.27. The summed E-state index contributed by atoms with van der Waals surface area (Å²) in [6, 6.07) is 0.953. The second kappa shape index (κ2) is 5.68. The highest BCUT2D eigenvalue weighted by Crippen LogP contribution is 2.36. The minimum Gasteiger partial charge on any atom is -0.473 e. The van der Waals surface area contributed by atoms with Crippen molar-refractivity contribution in [2.24, 2.45) is 0 Å². The number of nitrogens with zero attached hydrogens (tertiary/aromatic N) is 1. The average Bonchev–Trinajstić information content (AvgIpc) is 2.19. The molecule has 96 valence electrons. The van der Waals surface area contributed by atoms with Gasteiger partial charge in [0.05, 0.1) is 0 Å². The Morgan fingerprint density at radius 2 is 2.18 bits per heavy atom. The van der Waals surface area contributed by atoms with Crippen LogP contribution in [0.4, 0.5) is 13.2 Å². The molecule has 0 amide bonds. The molecule has 1 aromatic heterocycles. The summed E-state index contributed by atoms with van der Waals surface area (Å²) in [5.41, 5.74) is -0.880. The van der Waals surface area contributed by atoms with Crippen molar-refractivity contribution >= 4 is 15.9 Å². The maximum atomic E-state index is 12.7. The van der Waals surface area contributed by atoms with Crippen molar-refractivity contribution in [3.8, 4) is 5.88 Å². The Kier molecular flexibility index (Phi) is 4.76. The summed E-state index contributed by atoms with van der Waals surface area (Å²) in [6.45, 7) is 2.11. The molecule has 17 heavy (non-hydrogen) atoms. The van der Waals surface area contributed by atoms with E-state index in [1.165, 1.54) is 6.20 Å². The second-order valence-corrected chi connectivity index (χ2v) is 4.41. The molecule has 0 saturated heterocycles. The number of likely N-dealkylation sites (N-methyl/N-ethyl adjacent to an activating group) is 1. The van der Waals surface area contributed by atoms with Crippen LogP contribution in [-0.4, -0.2) is 24.7 Å². The lowest BCUT2D eigenvalue weighted by Gasteiger charge is -2.17. The van der Waals surface area contributed by atoms with E-state index in [1.54, 1.807) is 14.0 Å². The molecule has 0 aliphatic rings. The summed E-state index contributed by atoms with van der Waals surface area (Å²) >= 11 is 2.96. The molecule has 1 rings (SSSR count). The molecule has 0 spiro atoms. The number of hydrogen-bond donors (Lipinski definition) is 1. The molecule has 0 fully saturated rings. The van der Waals surface area contributed by atoms with E-state index < -0.39 is 23.7 Å². The van der Waals surface area contributed by atoms with Crippen LogP contribution in [0.3, 0.4) is 0 Å². The fraction of sp³-hybridized carbons (Fsp3) is 0.500. The lowest BCUT2D eigenvalue weighted by molar-refractivity contribution is -0.139. The highest BCUT2D eigenvalue weighted by Gasteiger charge is 2.36. The summed E-state index contributed by atoms with van der Waals surface area (Å²) in [6.07, 6.45) is -3.60. The van der Waals surface area contributed by atoms with Gasteiger partial charge in [-0.1, -0.05) is 0 Å². The zero-order valence-electron chi connectivity index (χ0n) is 9.31. The van der Waals surface area contributed by atoms with Crippen LogP contribution in [0, 0.1) is 0 Å². The van der Waals surface area contributed by atoms with E-state index in [1.807, 2.05) is 0 Å². The largest absolute Gasteiger partial charge is 0.473 e. The summed E-state index contributed by atoms with van der Waals surface area (Å²) in [4.78, 5) is 3.65. The number of halogens is 4. The number of rotatable bonds is 4. The third-order valence-corrected chi connectivity index (χ3v) is 2.36. The number of aromatic nitrogens is 1. The third kappa shape index (κ3) is 4.16. The molecule has 0 bridgehead atoms. The van der Waals surface area contributed by atoms with Crippen molar-refractivity contribution in [2.75, 3.05) is 13.6 Å². The van der Waals surface area contributed by atoms with E-state index in [9.17, 15) is 13.2 Å². The normalized spacial score (nSPS) is 13.5. The van der Waals surface area contributed by atoms with E-state index >= 15 is 0 Å². The van der Waals surface area contributed by atoms with Gasteiger partial charge in [-0.3, -0.25) is 0 Å². The van der Waals surface area contributed by atoms with Gasteiger partial charge in [0.1, 0.15) is 11.7 Å². The van der Waals surface area contributed by atoms with Crippen LogP contribution in [0.2, 0.25) is 0 Å². The number of ether oxygens (including phenoxy) is 1. The maximum Gasteiger partial charge on any atom is 0.421 e. The van der Waals surface area contributed by atoms with Gasteiger partial charge in [-0.2, -0.15) is 13.2 Å². The van der Waals surface area contributed by atoms with Crippen LogP contribution < -0.4 is 10.1 Å². The van der Waals surface area contributed by atoms with Crippen molar-refractivity contribution in [1.82, 2.24) is 10.3 Å². The minimum atomic E-state index is -4.48. The zero-order chi connectivity index (χ0) is 13.1. The molecule has 1 unspecified atom stereocenters. The van der Waals surface area contributed by atoms with Crippen molar-refractivity contribution < 1.29 is 17.9 Å². The molecular formula is C10H12BrF3N2O. The zero-order valence-corrected chi connectivity index (χ0v) is 10.9. The van der Waals surface area contributed by atoms with Crippen molar-refractivity contribution in [1.29, 1.82) is 0 Å². The van der Waals surface area contributed by atoms with Gasteiger partial charge in [0.25, 0.3) is 0 Å². The first-order valence-electron chi connectivity index (χ1n) is 4.88. The Morgan fingerprint density at radius 1 is 1.53 bits per heavy atom. The quantitative estimate of drug-likeness (QED) is 0.928.